The van der Waals surface area contributed by atoms with Gasteiger partial charge in [0.1, 0.15) is 5.82 Å². The Morgan fingerprint density at radius 2 is 2.24 bits per heavy atom. The number of hydrogen-bond acceptors (Lipinski definition) is 3. The Morgan fingerprint density at radius 3 is 2.95 bits per heavy atom. The van der Waals surface area contributed by atoms with Gasteiger partial charge in [-0.1, -0.05) is 11.8 Å². The topological polar surface area (TPSA) is 62.5 Å². The zero-order chi connectivity index (χ0) is 15.1. The Bertz CT molecular complexity index is 669. The molecule has 1 heterocycles. The van der Waals surface area contributed by atoms with E-state index < -0.39 is 11.7 Å². The van der Waals surface area contributed by atoms with E-state index in [1.54, 1.807) is 18.2 Å². The van der Waals surface area contributed by atoms with Crippen LogP contribution in [0.4, 0.5) is 4.39 Å². The lowest BCUT2D eigenvalue weighted by molar-refractivity contribution is 0.0923. The standard InChI is InChI=1S/C16H14FNO3/c17-14-7-6-12(4-1-2-8-19)10-13(14)11-18-16(20)15-5-3-9-21-15/h3,5-7,9-10,19H,2,8,11H2,(H,18,20). The van der Waals surface area contributed by atoms with Crippen LogP contribution in [0, 0.1) is 17.7 Å². The Labute approximate surface area is 121 Å². The number of halogens is 1. The van der Waals surface area contributed by atoms with Gasteiger partial charge in [0.2, 0.25) is 0 Å². The van der Waals surface area contributed by atoms with Gasteiger partial charge in [-0.2, -0.15) is 0 Å². The molecule has 0 fully saturated rings. The highest BCUT2D eigenvalue weighted by Crippen LogP contribution is 2.10. The number of nitrogens with one attached hydrogen (secondary N) is 1. The third-order valence-corrected chi connectivity index (χ3v) is 2.70. The second-order valence-electron chi connectivity index (χ2n) is 4.24. The number of benzene rings is 1. The molecule has 0 aliphatic carbocycles. The smallest absolute Gasteiger partial charge is 0.287 e. The van der Waals surface area contributed by atoms with E-state index in [9.17, 15) is 9.18 Å². The molecule has 1 amide bonds. The molecule has 2 N–H and O–H groups in total. The van der Waals surface area contributed by atoms with Gasteiger partial charge in [-0.15, -0.1) is 0 Å². The number of carbonyl (C=O) groups is 1. The van der Waals surface area contributed by atoms with Crippen molar-refractivity contribution in [1.82, 2.24) is 5.32 Å². The van der Waals surface area contributed by atoms with Crippen LogP contribution in [0.3, 0.4) is 0 Å². The van der Waals surface area contributed by atoms with E-state index in [2.05, 4.69) is 17.2 Å². The first-order valence-electron chi connectivity index (χ1n) is 6.40. The molecular formula is C16H14FNO3. The fraction of sp³-hybridized carbons (Fsp3) is 0.188. The number of amides is 1. The summed E-state index contributed by atoms with van der Waals surface area (Å²) in [6.07, 6.45) is 1.76. The molecule has 0 atom stereocenters. The third kappa shape index (κ3) is 4.20. The Kier molecular flexibility index (Phi) is 5.13. The maximum absolute atomic E-state index is 13.7. The second kappa shape index (κ2) is 7.27. The molecule has 1 aromatic carbocycles. The van der Waals surface area contributed by atoms with Crippen LogP contribution in [-0.4, -0.2) is 17.6 Å². The first-order valence-corrected chi connectivity index (χ1v) is 6.40. The number of aliphatic hydroxyl groups excluding tert-OH is 1. The first kappa shape index (κ1) is 14.8. The summed E-state index contributed by atoms with van der Waals surface area (Å²) < 4.78 is 18.6. The lowest BCUT2D eigenvalue weighted by atomic mass is 10.1. The minimum Gasteiger partial charge on any atom is -0.459 e. The molecule has 4 nitrogen and oxygen atoms in total. The van der Waals surface area contributed by atoms with Crippen molar-refractivity contribution in [3.05, 3.63) is 59.3 Å². The molecule has 5 heteroatoms. The Hall–Kier alpha value is -2.58. The summed E-state index contributed by atoms with van der Waals surface area (Å²) in [6, 6.07) is 7.56. The van der Waals surface area contributed by atoms with Crippen LogP contribution in [0.1, 0.15) is 28.1 Å². The summed E-state index contributed by atoms with van der Waals surface area (Å²) in [5.74, 6) is 4.94. The van der Waals surface area contributed by atoms with E-state index in [0.717, 1.165) is 0 Å². The lowest BCUT2D eigenvalue weighted by Crippen LogP contribution is -2.22. The van der Waals surface area contributed by atoms with Crippen molar-refractivity contribution in [3.8, 4) is 11.8 Å². The van der Waals surface area contributed by atoms with Crippen LogP contribution in [0.25, 0.3) is 0 Å². The van der Waals surface area contributed by atoms with Gasteiger partial charge >= 0.3 is 0 Å². The summed E-state index contributed by atoms with van der Waals surface area (Å²) in [5, 5.41) is 11.2. The SMILES string of the molecule is O=C(NCc1cc(C#CCCO)ccc1F)c1ccco1. The molecule has 0 bridgehead atoms. The van der Waals surface area contributed by atoms with E-state index in [-0.39, 0.29) is 18.9 Å². The zero-order valence-corrected chi connectivity index (χ0v) is 11.2. The highest BCUT2D eigenvalue weighted by atomic mass is 19.1. The van der Waals surface area contributed by atoms with Crippen LogP contribution in [0.15, 0.2) is 41.0 Å². The molecule has 21 heavy (non-hydrogen) atoms. The van der Waals surface area contributed by atoms with Crippen molar-refractivity contribution in [3.63, 3.8) is 0 Å². The van der Waals surface area contributed by atoms with Crippen molar-refractivity contribution in [2.75, 3.05) is 6.61 Å². The maximum atomic E-state index is 13.7. The molecule has 0 unspecified atom stereocenters. The first-order chi connectivity index (χ1) is 10.2. The maximum Gasteiger partial charge on any atom is 0.287 e. The molecule has 1 aromatic heterocycles. The molecule has 0 spiro atoms. The van der Waals surface area contributed by atoms with E-state index in [4.69, 9.17) is 9.52 Å². The summed E-state index contributed by atoms with van der Waals surface area (Å²) in [6.45, 7) is 0.0289. The van der Waals surface area contributed by atoms with E-state index >= 15 is 0 Å². The van der Waals surface area contributed by atoms with E-state index in [0.29, 0.717) is 17.5 Å². The third-order valence-electron chi connectivity index (χ3n) is 2.70. The Balaban J connectivity index is 2.04. The number of carbonyl (C=O) groups excluding carboxylic acids is 1. The number of hydrogen-bond donors (Lipinski definition) is 2. The van der Waals surface area contributed by atoms with Crippen LogP contribution < -0.4 is 5.32 Å². The van der Waals surface area contributed by atoms with Gasteiger partial charge in [0.05, 0.1) is 12.9 Å². The van der Waals surface area contributed by atoms with Crippen molar-refractivity contribution in [2.24, 2.45) is 0 Å². The van der Waals surface area contributed by atoms with Gasteiger partial charge in [0.15, 0.2) is 5.76 Å². The van der Waals surface area contributed by atoms with Gasteiger partial charge < -0.3 is 14.8 Å². The van der Waals surface area contributed by atoms with Gasteiger partial charge in [0.25, 0.3) is 5.91 Å². The van der Waals surface area contributed by atoms with Crippen LogP contribution >= 0.6 is 0 Å². The largest absolute Gasteiger partial charge is 0.459 e. The summed E-state index contributed by atoms with van der Waals surface area (Å²) in [4.78, 5) is 11.7. The molecule has 2 rings (SSSR count). The van der Waals surface area contributed by atoms with Crippen LogP contribution in [0.2, 0.25) is 0 Å². The van der Waals surface area contributed by atoms with Crippen molar-refractivity contribution >= 4 is 5.91 Å². The molecule has 0 radical (unpaired) electrons. The number of rotatable bonds is 4. The predicted octanol–water partition coefficient (Wildman–Crippen LogP) is 2.08. The summed E-state index contributed by atoms with van der Waals surface area (Å²) in [5.41, 5.74) is 0.970. The quantitative estimate of drug-likeness (QED) is 0.846. The van der Waals surface area contributed by atoms with Crippen LogP contribution in [0.5, 0.6) is 0 Å². The second-order valence-corrected chi connectivity index (χ2v) is 4.24. The van der Waals surface area contributed by atoms with Gasteiger partial charge in [0, 0.05) is 24.1 Å². The van der Waals surface area contributed by atoms with Gasteiger partial charge in [-0.25, -0.2) is 4.39 Å². The lowest BCUT2D eigenvalue weighted by Gasteiger charge is -2.05. The van der Waals surface area contributed by atoms with E-state index in [1.165, 1.54) is 18.4 Å². The monoisotopic (exact) mass is 287 g/mol. The van der Waals surface area contributed by atoms with E-state index in [1.807, 2.05) is 0 Å². The Morgan fingerprint density at radius 1 is 1.38 bits per heavy atom. The normalized spacial score (nSPS) is 9.81. The fourth-order valence-corrected chi connectivity index (χ4v) is 1.68. The predicted molar refractivity (Wildman–Crippen MR) is 74.9 cm³/mol. The average molecular weight is 287 g/mol. The van der Waals surface area contributed by atoms with Crippen molar-refractivity contribution in [1.29, 1.82) is 0 Å². The highest BCUT2D eigenvalue weighted by molar-refractivity contribution is 5.91. The van der Waals surface area contributed by atoms with Crippen molar-refractivity contribution in [2.45, 2.75) is 13.0 Å². The average Bonchev–Trinajstić information content (AvgIpc) is 3.02. The van der Waals surface area contributed by atoms with Crippen LogP contribution in [-0.2, 0) is 6.54 Å². The minimum absolute atomic E-state index is 0.0136. The highest BCUT2D eigenvalue weighted by Gasteiger charge is 2.09. The summed E-state index contributed by atoms with van der Waals surface area (Å²) in [7, 11) is 0. The molecule has 2 aromatic rings. The molecule has 0 aliphatic rings. The number of aliphatic hydroxyl groups is 1. The molecule has 108 valence electrons. The fourth-order valence-electron chi connectivity index (χ4n) is 1.68. The molecule has 0 saturated carbocycles. The molecule has 0 saturated heterocycles. The molecule has 0 aliphatic heterocycles. The van der Waals surface area contributed by atoms with Gasteiger partial charge in [-0.3, -0.25) is 4.79 Å². The zero-order valence-electron chi connectivity index (χ0n) is 11.2. The van der Waals surface area contributed by atoms with Crippen molar-refractivity contribution < 1.29 is 18.7 Å². The molecular weight excluding hydrogens is 273 g/mol. The number of furan rings is 1. The van der Waals surface area contributed by atoms with Gasteiger partial charge in [-0.05, 0) is 30.3 Å². The minimum atomic E-state index is -0.414. The summed E-state index contributed by atoms with van der Waals surface area (Å²) >= 11 is 0.